The average Bonchev–Trinajstić information content (AvgIpc) is 2.69. The van der Waals surface area contributed by atoms with Gasteiger partial charge in [-0.15, -0.1) is 0 Å². The van der Waals surface area contributed by atoms with Crippen molar-refractivity contribution in [1.82, 2.24) is 10.9 Å². The molecule has 80 valence electrons. The molecule has 0 spiro atoms. The summed E-state index contributed by atoms with van der Waals surface area (Å²) >= 11 is 0. The van der Waals surface area contributed by atoms with Gasteiger partial charge in [0, 0.05) is 5.56 Å². The molecule has 0 saturated carbocycles. The van der Waals surface area contributed by atoms with Crippen molar-refractivity contribution in [3.63, 3.8) is 0 Å². The van der Waals surface area contributed by atoms with Gasteiger partial charge >= 0.3 is 6.18 Å². The van der Waals surface area contributed by atoms with Crippen LogP contribution in [0.3, 0.4) is 0 Å². The van der Waals surface area contributed by atoms with E-state index in [1.54, 1.807) is 0 Å². The maximum Gasteiger partial charge on any atom is 0.416 e. The lowest BCUT2D eigenvalue weighted by Gasteiger charge is -2.07. The van der Waals surface area contributed by atoms with Crippen LogP contribution in [0.2, 0.25) is 0 Å². The average molecular weight is 215 g/mol. The maximum atomic E-state index is 12.2. The molecule has 0 aliphatic carbocycles. The fourth-order valence-electron chi connectivity index (χ4n) is 1.26. The van der Waals surface area contributed by atoms with Gasteiger partial charge in [0.1, 0.15) is 12.5 Å². The van der Waals surface area contributed by atoms with Crippen LogP contribution in [0, 0.1) is 0 Å². The third-order valence-corrected chi connectivity index (χ3v) is 2.01. The van der Waals surface area contributed by atoms with Crippen LogP contribution in [0.4, 0.5) is 13.2 Å². The molecular formula is C9H8F3N3. The van der Waals surface area contributed by atoms with Gasteiger partial charge in [0.15, 0.2) is 0 Å². The van der Waals surface area contributed by atoms with Crippen LogP contribution in [0.5, 0.6) is 0 Å². The zero-order valence-corrected chi connectivity index (χ0v) is 7.60. The molecule has 0 saturated heterocycles. The normalized spacial score (nSPS) is 16.1. The molecule has 0 fully saturated rings. The van der Waals surface area contributed by atoms with Gasteiger partial charge in [-0.05, 0) is 12.1 Å². The Morgan fingerprint density at radius 1 is 1.13 bits per heavy atom. The smallest absolute Gasteiger partial charge is 0.304 e. The second-order valence-corrected chi connectivity index (χ2v) is 3.04. The van der Waals surface area contributed by atoms with Gasteiger partial charge in [-0.3, -0.25) is 0 Å². The Morgan fingerprint density at radius 3 is 2.27 bits per heavy atom. The zero-order chi connectivity index (χ0) is 10.9. The Bertz CT molecular complexity index is 381. The molecule has 1 aromatic rings. The third-order valence-electron chi connectivity index (χ3n) is 2.01. The van der Waals surface area contributed by atoms with Crippen LogP contribution in [0.25, 0.3) is 0 Å². The molecule has 1 aromatic carbocycles. The highest BCUT2D eigenvalue weighted by Crippen LogP contribution is 2.29. The van der Waals surface area contributed by atoms with Gasteiger partial charge in [0.25, 0.3) is 0 Å². The first kappa shape index (κ1) is 9.97. The van der Waals surface area contributed by atoms with Crippen molar-refractivity contribution >= 4 is 5.84 Å². The Kier molecular flexibility index (Phi) is 2.36. The summed E-state index contributed by atoms with van der Waals surface area (Å²) in [4.78, 5) is 4.01. The molecule has 3 nitrogen and oxygen atoms in total. The van der Waals surface area contributed by atoms with Crippen molar-refractivity contribution in [1.29, 1.82) is 0 Å². The predicted molar refractivity (Wildman–Crippen MR) is 49.1 cm³/mol. The number of nitrogens with one attached hydrogen (secondary N) is 2. The molecule has 0 unspecified atom stereocenters. The molecule has 1 aliphatic rings. The quantitative estimate of drug-likeness (QED) is 0.745. The summed E-state index contributed by atoms with van der Waals surface area (Å²) in [5, 5.41) is 0. The number of rotatable bonds is 1. The molecule has 2 N–H and O–H groups in total. The van der Waals surface area contributed by atoms with Gasteiger partial charge in [-0.25, -0.2) is 10.4 Å². The van der Waals surface area contributed by atoms with Gasteiger partial charge in [-0.1, -0.05) is 12.1 Å². The van der Waals surface area contributed by atoms with Crippen molar-refractivity contribution in [2.45, 2.75) is 6.18 Å². The van der Waals surface area contributed by atoms with Crippen molar-refractivity contribution in [2.75, 3.05) is 6.67 Å². The van der Waals surface area contributed by atoms with Crippen molar-refractivity contribution in [3.8, 4) is 0 Å². The lowest BCUT2D eigenvalue weighted by Crippen LogP contribution is -2.30. The highest BCUT2D eigenvalue weighted by Gasteiger charge is 2.30. The lowest BCUT2D eigenvalue weighted by atomic mass is 10.1. The molecule has 1 aliphatic heterocycles. The fraction of sp³-hybridized carbons (Fsp3) is 0.222. The van der Waals surface area contributed by atoms with Crippen LogP contribution in [0.1, 0.15) is 11.1 Å². The predicted octanol–water partition coefficient (Wildman–Crippen LogP) is 1.52. The van der Waals surface area contributed by atoms with E-state index in [0.29, 0.717) is 18.1 Å². The van der Waals surface area contributed by atoms with Crippen LogP contribution in [-0.4, -0.2) is 12.5 Å². The summed E-state index contributed by atoms with van der Waals surface area (Å²) in [6.07, 6.45) is -4.29. The largest absolute Gasteiger partial charge is 0.416 e. The van der Waals surface area contributed by atoms with Gasteiger partial charge in [0.2, 0.25) is 0 Å². The van der Waals surface area contributed by atoms with E-state index in [2.05, 4.69) is 15.8 Å². The van der Waals surface area contributed by atoms with Crippen molar-refractivity contribution in [2.24, 2.45) is 4.99 Å². The molecule has 0 aromatic heterocycles. The molecule has 0 radical (unpaired) electrons. The molecule has 15 heavy (non-hydrogen) atoms. The third kappa shape index (κ3) is 2.10. The SMILES string of the molecule is FC(F)(F)c1ccc(C2=NCNN2)cc1. The first-order valence-electron chi connectivity index (χ1n) is 4.28. The summed E-state index contributed by atoms with van der Waals surface area (Å²) < 4.78 is 36.7. The topological polar surface area (TPSA) is 36.4 Å². The van der Waals surface area contributed by atoms with Crippen LogP contribution >= 0.6 is 0 Å². The monoisotopic (exact) mass is 215 g/mol. The summed E-state index contributed by atoms with van der Waals surface area (Å²) in [6.45, 7) is 0.427. The van der Waals surface area contributed by atoms with Crippen molar-refractivity contribution < 1.29 is 13.2 Å². The number of benzene rings is 1. The highest BCUT2D eigenvalue weighted by atomic mass is 19.4. The van der Waals surface area contributed by atoms with E-state index in [9.17, 15) is 13.2 Å². The van der Waals surface area contributed by atoms with Crippen molar-refractivity contribution in [3.05, 3.63) is 35.4 Å². The standard InChI is InChI=1S/C9H8F3N3/c10-9(11,12)7-3-1-6(2-4-7)8-13-5-14-15-8/h1-4,14H,5H2,(H,13,15). The van der Waals surface area contributed by atoms with E-state index >= 15 is 0 Å². The minimum Gasteiger partial charge on any atom is -0.304 e. The molecule has 0 atom stereocenters. The molecule has 1 heterocycles. The number of amidine groups is 1. The second-order valence-electron chi connectivity index (χ2n) is 3.04. The van der Waals surface area contributed by atoms with E-state index in [1.807, 2.05) is 0 Å². The van der Waals surface area contributed by atoms with Crippen LogP contribution in [0.15, 0.2) is 29.3 Å². The fourth-order valence-corrected chi connectivity index (χ4v) is 1.26. The minimum atomic E-state index is -4.29. The summed E-state index contributed by atoms with van der Waals surface area (Å²) in [7, 11) is 0. The summed E-state index contributed by atoms with van der Waals surface area (Å²) in [5.74, 6) is 0.559. The number of hydrogen-bond acceptors (Lipinski definition) is 3. The van der Waals surface area contributed by atoms with E-state index in [0.717, 1.165) is 12.1 Å². The van der Waals surface area contributed by atoms with Crippen LogP contribution < -0.4 is 10.9 Å². The van der Waals surface area contributed by atoms with Gasteiger partial charge in [-0.2, -0.15) is 13.2 Å². The number of halogens is 3. The first-order valence-corrected chi connectivity index (χ1v) is 4.28. The van der Waals surface area contributed by atoms with Gasteiger partial charge in [0.05, 0.1) is 5.56 Å². The van der Waals surface area contributed by atoms with E-state index in [4.69, 9.17) is 0 Å². The van der Waals surface area contributed by atoms with E-state index in [1.165, 1.54) is 12.1 Å². The number of hydrogen-bond donors (Lipinski definition) is 2. The Morgan fingerprint density at radius 2 is 1.80 bits per heavy atom. The van der Waals surface area contributed by atoms with Gasteiger partial charge < -0.3 is 5.43 Å². The Balaban J connectivity index is 2.24. The van der Waals surface area contributed by atoms with E-state index < -0.39 is 11.7 Å². The molecule has 0 bridgehead atoms. The summed E-state index contributed by atoms with van der Waals surface area (Å²) in [5.41, 5.74) is 5.47. The Hall–Kier alpha value is -1.56. The number of aliphatic imine (C=N–C) groups is 1. The number of nitrogens with zero attached hydrogens (tertiary/aromatic N) is 1. The molecule has 0 amide bonds. The lowest BCUT2D eigenvalue weighted by molar-refractivity contribution is -0.137. The second kappa shape index (κ2) is 3.54. The minimum absolute atomic E-state index is 0.427. The highest BCUT2D eigenvalue weighted by molar-refractivity contribution is 5.99. The maximum absolute atomic E-state index is 12.2. The zero-order valence-electron chi connectivity index (χ0n) is 7.60. The van der Waals surface area contributed by atoms with Crippen LogP contribution in [-0.2, 0) is 6.18 Å². The molecule has 6 heteroatoms. The first-order chi connectivity index (χ1) is 7.07. The number of hydrazine groups is 1. The Labute approximate surface area is 84.0 Å². The number of alkyl halides is 3. The summed E-state index contributed by atoms with van der Waals surface area (Å²) in [6, 6.07) is 4.86. The van der Waals surface area contributed by atoms with E-state index in [-0.39, 0.29) is 0 Å². The molecular weight excluding hydrogens is 207 g/mol. The molecule has 2 rings (SSSR count).